The predicted molar refractivity (Wildman–Crippen MR) is 133 cm³/mol. The number of amides is 1. The number of primary amides is 1. The summed E-state index contributed by atoms with van der Waals surface area (Å²) in [5.74, 6) is -2.20. The number of esters is 1. The van der Waals surface area contributed by atoms with Crippen LogP contribution in [0.2, 0.25) is 6.32 Å². The number of rotatable bonds is 8. The maximum absolute atomic E-state index is 11.5. The molecule has 2 aromatic rings. The normalized spacial score (nSPS) is 12.5. The van der Waals surface area contributed by atoms with Crippen LogP contribution in [0.3, 0.4) is 0 Å². The van der Waals surface area contributed by atoms with Gasteiger partial charge in [-0.15, -0.1) is 6.58 Å². The van der Waals surface area contributed by atoms with Crippen LogP contribution in [-0.2, 0) is 19.9 Å². The van der Waals surface area contributed by atoms with Gasteiger partial charge in [-0.25, -0.2) is 4.79 Å². The van der Waals surface area contributed by atoms with Crippen LogP contribution in [-0.4, -0.2) is 41.9 Å². The van der Waals surface area contributed by atoms with Gasteiger partial charge in [0, 0.05) is 11.5 Å². The van der Waals surface area contributed by atoms with E-state index in [0.717, 1.165) is 0 Å². The number of ketones is 1. The maximum atomic E-state index is 11.5. The summed E-state index contributed by atoms with van der Waals surface area (Å²) in [4.78, 5) is 33.3. The van der Waals surface area contributed by atoms with Gasteiger partial charge in [-0.3, -0.25) is 9.59 Å². The van der Waals surface area contributed by atoms with Crippen molar-refractivity contribution in [2.75, 3.05) is 7.11 Å². The molecule has 2 rings (SSSR count). The van der Waals surface area contributed by atoms with Gasteiger partial charge in [-0.1, -0.05) is 85.8 Å². The maximum Gasteiger partial charge on any atom is 0.455 e. The molecule has 2 aromatic carbocycles. The highest BCUT2D eigenvalue weighted by molar-refractivity contribution is 6.41. The van der Waals surface area contributed by atoms with E-state index in [4.69, 9.17) is 21.5 Å². The van der Waals surface area contributed by atoms with E-state index in [9.17, 15) is 14.4 Å². The molecule has 0 aromatic heterocycles. The average Bonchev–Trinajstić information content (AvgIpc) is 2.87. The first-order valence-corrected chi connectivity index (χ1v) is 10.5. The van der Waals surface area contributed by atoms with Crippen molar-refractivity contribution >= 4 is 24.8 Å². The largest absolute Gasteiger partial charge is 0.463 e. The summed E-state index contributed by atoms with van der Waals surface area (Å²) in [7, 11) is -0.000370. The van der Waals surface area contributed by atoms with Crippen LogP contribution >= 0.6 is 0 Å². The van der Waals surface area contributed by atoms with Crippen LogP contribution in [0.1, 0.15) is 29.8 Å². The summed E-state index contributed by atoms with van der Waals surface area (Å²) >= 11 is 0. The van der Waals surface area contributed by atoms with Gasteiger partial charge in [0.2, 0.25) is 5.91 Å². The first kappa shape index (κ1) is 30.5. The van der Waals surface area contributed by atoms with E-state index in [2.05, 4.69) is 11.3 Å². The van der Waals surface area contributed by atoms with E-state index in [-0.39, 0.29) is 5.92 Å². The Kier molecular flexibility index (Phi) is 14.5. The average molecular weight is 468 g/mol. The van der Waals surface area contributed by atoms with E-state index in [1.807, 2.05) is 32.0 Å². The standard InChI is InChI=1S/C12H16N2O.C9H8O3.C4H9BO2/c1-3-9(2)12(14,11(13)15)10-7-5-4-6-8-10;1-12-9(11)8(10)7-5-3-2-4-6-7;1-2-3-4-5(6)7/h3-9H,1,14H2,2H3,(H2,13,15);2-6H,1H3;2-3,6-7H,4H2,1H3/b;;3-2-/t9-,12+;;/m1../s1. The molecule has 0 heterocycles. The molecule has 2 atom stereocenters. The van der Waals surface area contributed by atoms with E-state index >= 15 is 0 Å². The molecule has 0 saturated heterocycles. The quantitative estimate of drug-likeness (QED) is 0.152. The molecule has 0 unspecified atom stereocenters. The number of methoxy groups -OCH3 is 1. The van der Waals surface area contributed by atoms with Gasteiger partial charge in [-0.2, -0.15) is 0 Å². The Bertz CT molecular complexity index is 935. The Labute approximate surface area is 201 Å². The molecular weight excluding hydrogens is 435 g/mol. The van der Waals surface area contributed by atoms with Crippen molar-refractivity contribution in [3.8, 4) is 0 Å². The van der Waals surface area contributed by atoms with E-state index in [0.29, 0.717) is 17.4 Å². The third-order valence-corrected chi connectivity index (χ3v) is 4.72. The summed E-state index contributed by atoms with van der Waals surface area (Å²) in [5, 5.41) is 16.4. The molecule has 0 aliphatic carbocycles. The molecular formula is C25H33BN2O6. The van der Waals surface area contributed by atoms with E-state index < -0.39 is 30.3 Å². The lowest BCUT2D eigenvalue weighted by Gasteiger charge is -2.30. The van der Waals surface area contributed by atoms with Crippen LogP contribution in [0.5, 0.6) is 0 Å². The molecule has 1 amide bonds. The number of Topliss-reactive ketones (excluding diaryl/α,β-unsaturated/α-hetero) is 1. The highest BCUT2D eigenvalue weighted by Gasteiger charge is 2.38. The molecule has 9 heteroatoms. The predicted octanol–water partition coefficient (Wildman–Crippen LogP) is 2.23. The summed E-state index contributed by atoms with van der Waals surface area (Å²) in [6.45, 7) is 7.31. The Balaban J connectivity index is 0.000000514. The number of allylic oxidation sites excluding steroid dienone is 2. The van der Waals surface area contributed by atoms with Crippen molar-refractivity contribution in [2.45, 2.75) is 25.7 Å². The lowest BCUT2D eigenvalue weighted by Crippen LogP contribution is -2.53. The number of benzene rings is 2. The van der Waals surface area contributed by atoms with Crippen molar-refractivity contribution in [1.29, 1.82) is 0 Å². The lowest BCUT2D eigenvalue weighted by molar-refractivity contribution is -0.135. The van der Waals surface area contributed by atoms with Gasteiger partial charge in [0.1, 0.15) is 5.54 Å². The molecule has 182 valence electrons. The number of hydrogen-bond donors (Lipinski definition) is 4. The van der Waals surface area contributed by atoms with Crippen LogP contribution in [0.4, 0.5) is 0 Å². The zero-order valence-corrected chi connectivity index (χ0v) is 19.8. The summed E-state index contributed by atoms with van der Waals surface area (Å²) in [5.41, 5.74) is 11.3. The van der Waals surface area contributed by atoms with Crippen LogP contribution in [0.25, 0.3) is 0 Å². The first-order chi connectivity index (χ1) is 16.1. The Morgan fingerprint density at radius 3 is 1.94 bits per heavy atom. The van der Waals surface area contributed by atoms with Crippen LogP contribution in [0, 0.1) is 5.92 Å². The minimum Gasteiger partial charge on any atom is -0.463 e. The third kappa shape index (κ3) is 9.95. The Morgan fingerprint density at radius 2 is 1.59 bits per heavy atom. The second kappa shape index (κ2) is 16.1. The Hall–Kier alpha value is -3.53. The van der Waals surface area contributed by atoms with E-state index in [1.165, 1.54) is 7.11 Å². The minimum atomic E-state index is -1.18. The van der Waals surface area contributed by atoms with Gasteiger partial charge >= 0.3 is 13.1 Å². The minimum absolute atomic E-state index is 0.211. The zero-order chi connectivity index (χ0) is 26.1. The van der Waals surface area contributed by atoms with Crippen molar-refractivity contribution in [1.82, 2.24) is 0 Å². The molecule has 0 aliphatic heterocycles. The van der Waals surface area contributed by atoms with Crippen molar-refractivity contribution in [3.63, 3.8) is 0 Å². The van der Waals surface area contributed by atoms with Gasteiger partial charge in [-0.05, 0) is 18.8 Å². The van der Waals surface area contributed by atoms with Gasteiger partial charge in [0.25, 0.3) is 5.78 Å². The Morgan fingerprint density at radius 1 is 1.09 bits per heavy atom. The molecule has 34 heavy (non-hydrogen) atoms. The molecule has 0 saturated carbocycles. The number of nitrogens with two attached hydrogens (primary N) is 2. The number of carbonyl (C=O) groups is 3. The zero-order valence-electron chi connectivity index (χ0n) is 19.8. The number of hydrogen-bond acceptors (Lipinski definition) is 7. The lowest BCUT2D eigenvalue weighted by atomic mass is 9.79. The molecule has 0 radical (unpaired) electrons. The van der Waals surface area contributed by atoms with E-state index in [1.54, 1.807) is 60.7 Å². The number of carbonyl (C=O) groups excluding carboxylic acids is 3. The van der Waals surface area contributed by atoms with Crippen molar-refractivity contribution in [2.24, 2.45) is 17.4 Å². The summed E-state index contributed by atoms with van der Waals surface area (Å²) < 4.78 is 4.28. The second-order valence-electron chi connectivity index (χ2n) is 7.10. The van der Waals surface area contributed by atoms with Crippen LogP contribution < -0.4 is 11.5 Å². The fourth-order valence-corrected chi connectivity index (χ4v) is 2.59. The van der Waals surface area contributed by atoms with Gasteiger partial charge in [0.15, 0.2) is 0 Å². The highest BCUT2D eigenvalue weighted by atomic mass is 16.5. The SMILES string of the molecule is C/C=C\CB(O)O.C=C[C@@H](C)[C@@](N)(C(N)=O)c1ccccc1.COC(=O)C(=O)c1ccccc1. The van der Waals surface area contributed by atoms with Gasteiger partial charge < -0.3 is 26.3 Å². The summed E-state index contributed by atoms with van der Waals surface area (Å²) in [6.07, 6.45) is 5.44. The molecule has 6 N–H and O–H groups in total. The fraction of sp³-hybridized carbons (Fsp3) is 0.240. The molecule has 0 spiro atoms. The summed E-state index contributed by atoms with van der Waals surface area (Å²) in [6, 6.07) is 17.4. The fourth-order valence-electron chi connectivity index (χ4n) is 2.59. The first-order valence-electron chi connectivity index (χ1n) is 10.5. The number of ether oxygens (including phenoxy) is 1. The highest BCUT2D eigenvalue weighted by Crippen LogP contribution is 2.27. The van der Waals surface area contributed by atoms with Gasteiger partial charge in [0.05, 0.1) is 7.11 Å². The van der Waals surface area contributed by atoms with Crippen molar-refractivity contribution in [3.05, 3.63) is 96.6 Å². The molecule has 0 bridgehead atoms. The topological polar surface area (TPSA) is 153 Å². The van der Waals surface area contributed by atoms with Crippen molar-refractivity contribution < 1.29 is 29.2 Å². The molecule has 0 fully saturated rings. The van der Waals surface area contributed by atoms with Crippen LogP contribution in [0.15, 0.2) is 85.5 Å². The molecule has 8 nitrogen and oxygen atoms in total. The third-order valence-electron chi connectivity index (χ3n) is 4.72. The monoisotopic (exact) mass is 468 g/mol. The smallest absolute Gasteiger partial charge is 0.455 e. The molecule has 0 aliphatic rings. The second-order valence-corrected chi connectivity index (χ2v) is 7.10.